The summed E-state index contributed by atoms with van der Waals surface area (Å²) in [5.74, 6) is 1.24. The van der Waals surface area contributed by atoms with Gasteiger partial charge in [-0.15, -0.1) is 10.2 Å². The Balaban J connectivity index is 1.65. The Kier molecular flexibility index (Phi) is 6.20. The zero-order valence-corrected chi connectivity index (χ0v) is 16.6. The summed E-state index contributed by atoms with van der Waals surface area (Å²) >= 11 is 6.79. The minimum Gasteiger partial charge on any atom is -0.298 e. The summed E-state index contributed by atoms with van der Waals surface area (Å²) in [6.45, 7) is 3.84. The van der Waals surface area contributed by atoms with Crippen molar-refractivity contribution in [3.63, 3.8) is 0 Å². The van der Waals surface area contributed by atoms with E-state index in [1.54, 1.807) is 16.8 Å². The van der Waals surface area contributed by atoms with Gasteiger partial charge in [0.2, 0.25) is 5.16 Å². The summed E-state index contributed by atoms with van der Waals surface area (Å²) in [4.78, 5) is 12.4. The highest BCUT2D eigenvalue weighted by atomic mass is 32.2. The zero-order valence-electron chi connectivity index (χ0n) is 15.0. The van der Waals surface area contributed by atoms with Crippen molar-refractivity contribution in [1.29, 1.82) is 0 Å². The van der Waals surface area contributed by atoms with Gasteiger partial charge in [-0.3, -0.25) is 15.5 Å². The van der Waals surface area contributed by atoms with E-state index in [4.69, 9.17) is 12.2 Å². The molecule has 1 amide bonds. The molecule has 8 heteroatoms. The molecule has 0 saturated heterocycles. The van der Waals surface area contributed by atoms with Crippen molar-refractivity contribution in [3.8, 4) is 11.1 Å². The van der Waals surface area contributed by atoms with Gasteiger partial charge in [-0.05, 0) is 48.2 Å². The minimum atomic E-state index is -0.275. The topological polar surface area (TPSA) is 71.8 Å². The average molecular weight is 398 g/mol. The predicted molar refractivity (Wildman–Crippen MR) is 112 cm³/mol. The molecule has 0 radical (unpaired) electrons. The monoisotopic (exact) mass is 397 g/mol. The number of amides is 1. The zero-order chi connectivity index (χ0) is 19.2. The number of aryl methyl sites for hydroxylation is 1. The molecule has 27 heavy (non-hydrogen) atoms. The lowest BCUT2D eigenvalue weighted by Crippen LogP contribution is -2.38. The van der Waals surface area contributed by atoms with Crippen LogP contribution in [0, 0.1) is 6.92 Å². The first kappa shape index (κ1) is 19.1. The van der Waals surface area contributed by atoms with Crippen LogP contribution in [0.25, 0.3) is 11.1 Å². The van der Waals surface area contributed by atoms with Gasteiger partial charge in [-0.2, -0.15) is 0 Å². The van der Waals surface area contributed by atoms with Crippen molar-refractivity contribution in [3.05, 3.63) is 66.0 Å². The van der Waals surface area contributed by atoms with Crippen LogP contribution in [0.2, 0.25) is 0 Å². The van der Waals surface area contributed by atoms with Crippen LogP contribution in [0.3, 0.4) is 0 Å². The maximum absolute atomic E-state index is 12.4. The van der Waals surface area contributed by atoms with Crippen molar-refractivity contribution in [2.45, 2.75) is 19.0 Å². The number of thioether (sulfide) groups is 1. The second-order valence-corrected chi connectivity index (χ2v) is 7.28. The largest absolute Gasteiger partial charge is 0.298 e. The third kappa shape index (κ3) is 4.72. The number of hydrogen-bond donors (Lipinski definition) is 2. The highest BCUT2D eigenvalue weighted by molar-refractivity contribution is 7.99. The van der Waals surface area contributed by atoms with Crippen LogP contribution < -0.4 is 10.7 Å². The molecule has 138 valence electrons. The molecule has 3 rings (SSSR count). The van der Waals surface area contributed by atoms with Crippen LogP contribution in [0.5, 0.6) is 0 Å². The van der Waals surface area contributed by atoms with Gasteiger partial charge in [-0.1, -0.05) is 61.2 Å². The highest BCUT2D eigenvalue weighted by Crippen LogP contribution is 2.19. The van der Waals surface area contributed by atoms with Crippen LogP contribution in [0.4, 0.5) is 0 Å². The molecule has 0 aliphatic carbocycles. The Labute approximate surface area is 167 Å². The fourth-order valence-electron chi connectivity index (χ4n) is 2.44. The summed E-state index contributed by atoms with van der Waals surface area (Å²) in [5, 5.41) is 11.7. The molecule has 0 saturated carbocycles. The smallest absolute Gasteiger partial charge is 0.257 e. The Hall–Kier alpha value is -2.71. The predicted octanol–water partition coefficient (Wildman–Crippen LogP) is 3.62. The van der Waals surface area contributed by atoms with Crippen molar-refractivity contribution < 1.29 is 4.79 Å². The molecule has 0 atom stereocenters. The Morgan fingerprint density at radius 2 is 1.74 bits per heavy atom. The summed E-state index contributed by atoms with van der Waals surface area (Å²) in [7, 11) is 0. The fourth-order valence-corrected chi connectivity index (χ4v) is 3.29. The van der Waals surface area contributed by atoms with Crippen molar-refractivity contribution >= 4 is 35.0 Å². The van der Waals surface area contributed by atoms with E-state index >= 15 is 0 Å². The third-order valence-corrected chi connectivity index (χ3v) is 4.77. The second kappa shape index (κ2) is 8.79. The maximum atomic E-state index is 12.4. The van der Waals surface area contributed by atoms with E-state index in [2.05, 4.69) is 20.9 Å². The van der Waals surface area contributed by atoms with E-state index in [9.17, 15) is 4.79 Å². The molecular formula is C19H19N5OS2. The van der Waals surface area contributed by atoms with Crippen LogP contribution >= 0.6 is 24.0 Å². The summed E-state index contributed by atoms with van der Waals surface area (Å²) in [5.41, 5.74) is 5.63. The van der Waals surface area contributed by atoms with E-state index in [0.29, 0.717) is 16.5 Å². The fraction of sp³-hybridized carbons (Fsp3) is 0.158. The molecule has 1 heterocycles. The van der Waals surface area contributed by atoms with Gasteiger partial charge in [0.25, 0.3) is 5.91 Å². The Bertz CT molecular complexity index is 938. The average Bonchev–Trinajstić information content (AvgIpc) is 3.02. The Morgan fingerprint density at radius 1 is 1.07 bits per heavy atom. The number of aromatic nitrogens is 3. The number of nitrogens with one attached hydrogen (secondary N) is 2. The quantitative estimate of drug-likeness (QED) is 0.506. The van der Waals surface area contributed by atoms with Gasteiger partial charge in [0, 0.05) is 5.56 Å². The molecule has 6 nitrogen and oxygen atoms in total. The highest BCUT2D eigenvalue weighted by Gasteiger charge is 2.12. The standard InChI is InChI=1S/C19H19N5OS2/c1-3-27-19-22-21-13(2)24(19)23-18(26)20-17(25)16-11-9-15(10-12-16)14-7-5-4-6-8-14/h4-12H,3H2,1-2H3,(H2,20,23,25,26). The van der Waals surface area contributed by atoms with E-state index < -0.39 is 0 Å². The van der Waals surface area contributed by atoms with E-state index in [0.717, 1.165) is 16.9 Å². The van der Waals surface area contributed by atoms with Gasteiger partial charge in [0.1, 0.15) is 5.82 Å². The van der Waals surface area contributed by atoms with Crippen LogP contribution in [-0.4, -0.2) is 31.6 Å². The number of thiocarbonyl (C=S) groups is 1. The second-order valence-electron chi connectivity index (χ2n) is 5.64. The van der Waals surface area contributed by atoms with Gasteiger partial charge in [0.15, 0.2) is 5.11 Å². The molecule has 0 aliphatic rings. The van der Waals surface area contributed by atoms with Crippen LogP contribution in [0.15, 0.2) is 59.8 Å². The number of nitrogens with zero attached hydrogens (tertiary/aromatic N) is 3. The molecule has 0 bridgehead atoms. The van der Waals surface area contributed by atoms with Crippen LogP contribution in [0.1, 0.15) is 23.1 Å². The molecule has 0 unspecified atom stereocenters. The summed E-state index contributed by atoms with van der Waals surface area (Å²) in [6.07, 6.45) is 0. The number of carbonyl (C=O) groups is 1. The normalized spacial score (nSPS) is 10.4. The molecule has 0 aliphatic heterocycles. The van der Waals surface area contributed by atoms with Crippen molar-refractivity contribution in [2.24, 2.45) is 0 Å². The van der Waals surface area contributed by atoms with E-state index in [-0.39, 0.29) is 11.0 Å². The first-order valence-corrected chi connectivity index (χ1v) is 9.80. The van der Waals surface area contributed by atoms with Gasteiger partial charge in [-0.25, -0.2) is 4.68 Å². The molecule has 0 fully saturated rings. The molecule has 0 spiro atoms. The first-order chi connectivity index (χ1) is 13.1. The van der Waals surface area contributed by atoms with E-state index in [1.807, 2.05) is 56.3 Å². The lowest BCUT2D eigenvalue weighted by molar-refractivity contribution is 0.0977. The molecule has 3 aromatic rings. The van der Waals surface area contributed by atoms with E-state index in [1.165, 1.54) is 11.8 Å². The van der Waals surface area contributed by atoms with Gasteiger partial charge in [0.05, 0.1) is 0 Å². The molecule has 2 N–H and O–H groups in total. The van der Waals surface area contributed by atoms with Gasteiger partial charge >= 0.3 is 0 Å². The number of carbonyl (C=O) groups excluding carboxylic acids is 1. The van der Waals surface area contributed by atoms with Crippen molar-refractivity contribution in [1.82, 2.24) is 20.2 Å². The SMILES string of the molecule is CCSc1nnc(C)n1NC(=S)NC(=O)c1ccc(-c2ccccc2)cc1. The summed E-state index contributed by atoms with van der Waals surface area (Å²) < 4.78 is 1.66. The lowest BCUT2D eigenvalue weighted by Gasteiger charge is -2.13. The Morgan fingerprint density at radius 3 is 2.41 bits per heavy atom. The van der Waals surface area contributed by atoms with Crippen LogP contribution in [-0.2, 0) is 0 Å². The first-order valence-electron chi connectivity index (χ1n) is 8.41. The number of hydrogen-bond acceptors (Lipinski definition) is 5. The lowest BCUT2D eigenvalue weighted by atomic mass is 10.0. The van der Waals surface area contributed by atoms with Crippen molar-refractivity contribution in [2.75, 3.05) is 11.2 Å². The number of benzene rings is 2. The minimum absolute atomic E-state index is 0.188. The van der Waals surface area contributed by atoms with Gasteiger partial charge < -0.3 is 0 Å². The molecule has 1 aromatic heterocycles. The molecule has 2 aromatic carbocycles. The third-order valence-electron chi connectivity index (χ3n) is 3.76. The summed E-state index contributed by atoms with van der Waals surface area (Å²) in [6, 6.07) is 17.4. The molecular weight excluding hydrogens is 378 g/mol. The number of rotatable bonds is 5. The maximum Gasteiger partial charge on any atom is 0.257 e.